The number of para-hydroxylation sites is 4. The van der Waals surface area contributed by atoms with Crippen molar-refractivity contribution in [1.82, 2.24) is 19.5 Å². The molecule has 224 valence electrons. The summed E-state index contributed by atoms with van der Waals surface area (Å²) < 4.78 is 2.26. The van der Waals surface area contributed by atoms with Gasteiger partial charge in [0.2, 0.25) is 0 Å². The van der Waals surface area contributed by atoms with Gasteiger partial charge in [0.05, 0.1) is 33.9 Å². The van der Waals surface area contributed by atoms with Crippen molar-refractivity contribution in [1.29, 1.82) is 5.26 Å². The lowest BCUT2D eigenvalue weighted by Crippen LogP contribution is -1.97. The first-order chi connectivity index (χ1) is 23.8. The highest BCUT2D eigenvalue weighted by atomic mass is 15.1. The van der Waals surface area contributed by atoms with Crippen LogP contribution in [0.2, 0.25) is 0 Å². The predicted molar refractivity (Wildman–Crippen MR) is 195 cm³/mol. The number of hydrogen-bond acceptors (Lipinski definition) is 3. The standard InChI is InChI=1S/C43H27N5/c44-26-31-25-39(45-27-37(31)28-12-3-1-4-13-28)30-15-9-14-29(24-30)33-19-11-23-40-42(33)47-43(48(40)32-16-5-2-6-17-32)36-21-10-20-35-34-18-7-8-22-38(34)46-41(35)36/h1-25,27,46H. The minimum absolute atomic E-state index is 0.594. The Kier molecular flexibility index (Phi) is 6.45. The van der Waals surface area contributed by atoms with Crippen LogP contribution in [0.3, 0.4) is 0 Å². The number of hydrogen-bond donors (Lipinski definition) is 1. The molecule has 0 aliphatic carbocycles. The highest BCUT2D eigenvalue weighted by Crippen LogP contribution is 2.39. The lowest BCUT2D eigenvalue weighted by Gasteiger charge is -2.11. The summed E-state index contributed by atoms with van der Waals surface area (Å²) in [5.74, 6) is 0.869. The van der Waals surface area contributed by atoms with E-state index in [9.17, 15) is 5.26 Å². The molecular weight excluding hydrogens is 587 g/mol. The zero-order valence-electron chi connectivity index (χ0n) is 25.8. The second-order valence-electron chi connectivity index (χ2n) is 11.9. The number of fused-ring (bicyclic) bond motifs is 4. The van der Waals surface area contributed by atoms with Crippen LogP contribution >= 0.6 is 0 Å². The first kappa shape index (κ1) is 27.5. The van der Waals surface area contributed by atoms with E-state index in [2.05, 4.69) is 113 Å². The summed E-state index contributed by atoms with van der Waals surface area (Å²) in [7, 11) is 0. The lowest BCUT2D eigenvalue weighted by atomic mass is 9.98. The number of aromatic nitrogens is 4. The van der Waals surface area contributed by atoms with Crippen LogP contribution in [0.25, 0.3) is 83.4 Å². The Morgan fingerprint density at radius 3 is 2.12 bits per heavy atom. The summed E-state index contributed by atoms with van der Waals surface area (Å²) in [6.45, 7) is 0. The van der Waals surface area contributed by atoms with Crippen molar-refractivity contribution in [3.05, 3.63) is 163 Å². The van der Waals surface area contributed by atoms with Crippen LogP contribution in [-0.4, -0.2) is 19.5 Å². The number of pyridine rings is 1. The number of nitriles is 1. The van der Waals surface area contributed by atoms with Crippen molar-refractivity contribution in [3.8, 4) is 56.7 Å². The molecule has 0 saturated carbocycles. The molecule has 0 fully saturated rings. The monoisotopic (exact) mass is 613 g/mol. The summed E-state index contributed by atoms with van der Waals surface area (Å²) in [5.41, 5.74) is 12.3. The molecule has 0 aliphatic rings. The molecule has 0 bridgehead atoms. The number of rotatable bonds is 5. The summed E-state index contributed by atoms with van der Waals surface area (Å²) in [4.78, 5) is 13.9. The average molecular weight is 614 g/mol. The number of aromatic amines is 1. The smallest absolute Gasteiger partial charge is 0.147 e. The summed E-state index contributed by atoms with van der Waals surface area (Å²) in [5, 5.41) is 12.4. The summed E-state index contributed by atoms with van der Waals surface area (Å²) in [6, 6.07) is 54.1. The van der Waals surface area contributed by atoms with Crippen molar-refractivity contribution < 1.29 is 0 Å². The molecule has 9 aromatic rings. The molecule has 5 nitrogen and oxygen atoms in total. The number of benzene rings is 6. The largest absolute Gasteiger partial charge is 0.354 e. The Hall–Kier alpha value is -6.77. The van der Waals surface area contributed by atoms with Crippen molar-refractivity contribution in [2.24, 2.45) is 0 Å². The number of nitrogens with zero attached hydrogens (tertiary/aromatic N) is 4. The maximum atomic E-state index is 10.0. The van der Waals surface area contributed by atoms with E-state index in [-0.39, 0.29) is 0 Å². The third-order valence-corrected chi connectivity index (χ3v) is 9.06. The normalized spacial score (nSPS) is 11.3. The van der Waals surface area contributed by atoms with E-state index in [0.29, 0.717) is 5.56 Å². The van der Waals surface area contributed by atoms with Gasteiger partial charge in [-0.25, -0.2) is 4.98 Å². The van der Waals surface area contributed by atoms with Crippen LogP contribution in [0.5, 0.6) is 0 Å². The predicted octanol–water partition coefficient (Wildman–Crippen LogP) is 10.6. The van der Waals surface area contributed by atoms with Crippen molar-refractivity contribution in [2.75, 3.05) is 0 Å². The van der Waals surface area contributed by atoms with Gasteiger partial charge in [0.25, 0.3) is 0 Å². The third-order valence-electron chi connectivity index (χ3n) is 9.06. The number of nitrogens with one attached hydrogen (secondary N) is 1. The molecule has 48 heavy (non-hydrogen) atoms. The Morgan fingerprint density at radius 2 is 1.27 bits per heavy atom. The molecule has 0 radical (unpaired) electrons. The lowest BCUT2D eigenvalue weighted by molar-refractivity contribution is 1.10. The second-order valence-corrected chi connectivity index (χ2v) is 11.9. The average Bonchev–Trinajstić information content (AvgIpc) is 3.74. The van der Waals surface area contributed by atoms with Crippen LogP contribution in [0.4, 0.5) is 0 Å². The van der Waals surface area contributed by atoms with Gasteiger partial charge in [-0.05, 0) is 53.6 Å². The van der Waals surface area contributed by atoms with Crippen molar-refractivity contribution in [2.45, 2.75) is 0 Å². The van der Waals surface area contributed by atoms with Gasteiger partial charge in [0.1, 0.15) is 5.82 Å². The van der Waals surface area contributed by atoms with Crippen LogP contribution in [0, 0.1) is 11.3 Å². The molecule has 3 aromatic heterocycles. The van der Waals surface area contributed by atoms with E-state index in [1.807, 2.05) is 54.6 Å². The number of imidazole rings is 1. The fraction of sp³-hybridized carbons (Fsp3) is 0. The van der Waals surface area contributed by atoms with Gasteiger partial charge in [0, 0.05) is 50.4 Å². The molecule has 0 aliphatic heterocycles. The Bertz CT molecular complexity index is 2680. The fourth-order valence-corrected chi connectivity index (χ4v) is 6.81. The van der Waals surface area contributed by atoms with Crippen molar-refractivity contribution in [3.63, 3.8) is 0 Å². The second kappa shape index (κ2) is 11.2. The fourth-order valence-electron chi connectivity index (χ4n) is 6.81. The highest BCUT2D eigenvalue weighted by Gasteiger charge is 2.20. The van der Waals surface area contributed by atoms with Crippen molar-refractivity contribution >= 4 is 32.8 Å². The van der Waals surface area contributed by atoms with Crippen LogP contribution in [0.15, 0.2) is 158 Å². The Labute approximate surface area is 277 Å². The van der Waals surface area contributed by atoms with Crippen LogP contribution in [-0.2, 0) is 0 Å². The van der Waals surface area contributed by atoms with E-state index in [4.69, 9.17) is 9.97 Å². The first-order valence-corrected chi connectivity index (χ1v) is 15.9. The molecule has 0 spiro atoms. The van der Waals surface area contributed by atoms with Gasteiger partial charge < -0.3 is 4.98 Å². The van der Waals surface area contributed by atoms with E-state index in [1.54, 1.807) is 6.20 Å². The van der Waals surface area contributed by atoms with Gasteiger partial charge in [-0.2, -0.15) is 5.26 Å². The van der Waals surface area contributed by atoms with Gasteiger partial charge in [-0.1, -0.05) is 109 Å². The SMILES string of the molecule is N#Cc1cc(-c2cccc(-c3cccc4c3nc(-c3cccc5c3[nH]c3ccccc35)n4-c3ccccc3)c2)ncc1-c1ccccc1. The maximum Gasteiger partial charge on any atom is 0.147 e. The van der Waals surface area contributed by atoms with Gasteiger partial charge in [-0.15, -0.1) is 0 Å². The Morgan fingerprint density at radius 1 is 0.583 bits per heavy atom. The highest BCUT2D eigenvalue weighted by molar-refractivity contribution is 6.12. The quantitative estimate of drug-likeness (QED) is 0.210. The molecule has 5 heteroatoms. The van der Waals surface area contributed by atoms with Crippen LogP contribution in [0.1, 0.15) is 5.56 Å². The molecule has 0 saturated heterocycles. The van der Waals surface area contributed by atoms with E-state index >= 15 is 0 Å². The zero-order chi connectivity index (χ0) is 32.0. The summed E-state index contributed by atoms with van der Waals surface area (Å²) >= 11 is 0. The molecule has 0 amide bonds. The van der Waals surface area contributed by atoms with E-state index in [0.717, 1.165) is 72.7 Å². The van der Waals surface area contributed by atoms with Gasteiger partial charge in [0.15, 0.2) is 0 Å². The Balaban J connectivity index is 1.23. The number of H-pyrrole nitrogens is 1. The molecule has 1 N–H and O–H groups in total. The van der Waals surface area contributed by atoms with Gasteiger partial charge >= 0.3 is 0 Å². The van der Waals surface area contributed by atoms with Crippen LogP contribution < -0.4 is 0 Å². The molecule has 6 aromatic carbocycles. The minimum Gasteiger partial charge on any atom is -0.354 e. The molecular formula is C43H27N5. The molecule has 9 rings (SSSR count). The van der Waals surface area contributed by atoms with E-state index in [1.165, 1.54) is 10.8 Å². The first-order valence-electron chi connectivity index (χ1n) is 15.9. The van der Waals surface area contributed by atoms with E-state index < -0.39 is 0 Å². The molecule has 3 heterocycles. The molecule has 0 atom stereocenters. The summed E-state index contributed by atoms with van der Waals surface area (Å²) in [6.07, 6.45) is 1.80. The van der Waals surface area contributed by atoms with Gasteiger partial charge in [-0.3, -0.25) is 9.55 Å². The molecule has 0 unspecified atom stereocenters. The maximum absolute atomic E-state index is 10.0. The third kappa shape index (κ3) is 4.47. The topological polar surface area (TPSA) is 70.3 Å². The zero-order valence-corrected chi connectivity index (χ0v) is 25.8. The minimum atomic E-state index is 0.594.